The van der Waals surface area contributed by atoms with Gasteiger partial charge in [0.15, 0.2) is 15.1 Å². The van der Waals surface area contributed by atoms with Gasteiger partial charge in [-0.3, -0.25) is 9.30 Å². The van der Waals surface area contributed by atoms with Crippen LogP contribution < -0.4 is 0 Å². The van der Waals surface area contributed by atoms with E-state index in [0.29, 0.717) is 18.1 Å². The number of nitrogens with zero attached hydrogens (tertiary/aromatic N) is 4. The van der Waals surface area contributed by atoms with Crippen LogP contribution in [0, 0.1) is 0 Å². The van der Waals surface area contributed by atoms with Crippen molar-refractivity contribution in [1.82, 2.24) is 18.6 Å². The Hall–Kier alpha value is -0.670. The Balaban J connectivity index is 1.98. The van der Waals surface area contributed by atoms with Crippen molar-refractivity contribution in [2.24, 2.45) is 0 Å². The second-order valence-corrected chi connectivity index (χ2v) is 8.19. The lowest BCUT2D eigenvalue weighted by Crippen LogP contribution is -2.53. The van der Waals surface area contributed by atoms with E-state index in [2.05, 4.69) is 16.8 Å². The molecule has 0 bridgehead atoms. The molecule has 3 heterocycles. The van der Waals surface area contributed by atoms with Crippen LogP contribution in [0.5, 0.6) is 0 Å². The quantitative estimate of drug-likeness (QED) is 0.848. The molecule has 0 radical (unpaired) electrons. The SMILES string of the molecule is CCN1CCN(S(=O)(=O)c2c(Cl)nc3sccn23)CC1C. The van der Waals surface area contributed by atoms with Crippen LogP contribution in [0.1, 0.15) is 13.8 Å². The number of thiazole rings is 1. The van der Waals surface area contributed by atoms with Crippen LogP contribution in [0.3, 0.4) is 0 Å². The summed E-state index contributed by atoms with van der Waals surface area (Å²) < 4.78 is 28.8. The van der Waals surface area contributed by atoms with Crippen LogP contribution in [-0.4, -0.2) is 59.2 Å². The van der Waals surface area contributed by atoms with Crippen LogP contribution in [0.2, 0.25) is 5.15 Å². The summed E-state index contributed by atoms with van der Waals surface area (Å²) in [6.45, 7) is 6.75. The lowest BCUT2D eigenvalue weighted by atomic mass is 10.2. The predicted molar refractivity (Wildman–Crippen MR) is 83.5 cm³/mol. The molecule has 1 fully saturated rings. The second kappa shape index (κ2) is 5.51. The zero-order valence-electron chi connectivity index (χ0n) is 11.9. The van der Waals surface area contributed by atoms with E-state index in [1.54, 1.807) is 16.0 Å². The Morgan fingerprint density at radius 1 is 1.48 bits per heavy atom. The molecule has 1 aliphatic rings. The second-order valence-electron chi connectivity index (χ2n) is 5.10. The maximum absolute atomic E-state index is 12.9. The highest BCUT2D eigenvalue weighted by Gasteiger charge is 2.35. The summed E-state index contributed by atoms with van der Waals surface area (Å²) in [5.74, 6) is 0. The Morgan fingerprint density at radius 3 is 2.90 bits per heavy atom. The number of hydrogen-bond donors (Lipinski definition) is 0. The average molecular weight is 349 g/mol. The molecule has 1 unspecified atom stereocenters. The highest BCUT2D eigenvalue weighted by atomic mass is 35.5. The molecule has 0 aromatic carbocycles. The molecule has 116 valence electrons. The minimum atomic E-state index is -3.63. The normalized spacial score (nSPS) is 22.1. The van der Waals surface area contributed by atoms with Gasteiger partial charge in [-0.2, -0.15) is 4.31 Å². The molecule has 0 amide bonds. The number of likely N-dealkylation sites (N-methyl/N-ethyl adjacent to an activating group) is 1. The van der Waals surface area contributed by atoms with Crippen molar-refractivity contribution in [3.8, 4) is 0 Å². The number of piperazine rings is 1. The molecule has 0 saturated carbocycles. The number of rotatable bonds is 3. The fourth-order valence-electron chi connectivity index (χ4n) is 2.74. The predicted octanol–water partition coefficient (Wildman–Crippen LogP) is 1.76. The largest absolute Gasteiger partial charge is 0.298 e. The Morgan fingerprint density at radius 2 is 2.24 bits per heavy atom. The van der Waals surface area contributed by atoms with Crippen molar-refractivity contribution >= 4 is 37.9 Å². The van der Waals surface area contributed by atoms with Gasteiger partial charge in [-0.05, 0) is 13.5 Å². The van der Waals surface area contributed by atoms with Gasteiger partial charge in [0.1, 0.15) is 0 Å². The first-order valence-electron chi connectivity index (χ1n) is 6.80. The van der Waals surface area contributed by atoms with Crippen LogP contribution in [0.25, 0.3) is 4.96 Å². The summed E-state index contributed by atoms with van der Waals surface area (Å²) in [7, 11) is -3.63. The minimum Gasteiger partial charge on any atom is -0.298 e. The number of fused-ring (bicyclic) bond motifs is 1. The van der Waals surface area contributed by atoms with Gasteiger partial charge in [-0.25, -0.2) is 13.4 Å². The van der Waals surface area contributed by atoms with Crippen LogP contribution in [-0.2, 0) is 10.0 Å². The van der Waals surface area contributed by atoms with Crippen LogP contribution >= 0.6 is 22.9 Å². The van der Waals surface area contributed by atoms with Gasteiger partial charge in [0.25, 0.3) is 10.0 Å². The molecule has 0 N–H and O–H groups in total. The van der Waals surface area contributed by atoms with Gasteiger partial charge in [-0.15, -0.1) is 11.3 Å². The Kier molecular flexibility index (Phi) is 4.00. The summed E-state index contributed by atoms with van der Waals surface area (Å²) in [6, 6.07) is 0.197. The van der Waals surface area contributed by atoms with Crippen molar-refractivity contribution in [3.05, 3.63) is 16.7 Å². The summed E-state index contributed by atoms with van der Waals surface area (Å²) in [5.41, 5.74) is 0. The zero-order chi connectivity index (χ0) is 15.2. The number of imidazole rings is 1. The zero-order valence-corrected chi connectivity index (χ0v) is 14.2. The number of hydrogen-bond acceptors (Lipinski definition) is 5. The molecule has 0 spiro atoms. The average Bonchev–Trinajstić information content (AvgIpc) is 2.97. The maximum atomic E-state index is 12.9. The van der Waals surface area contributed by atoms with E-state index in [1.165, 1.54) is 15.6 Å². The van der Waals surface area contributed by atoms with Crippen molar-refractivity contribution in [2.75, 3.05) is 26.2 Å². The molecule has 2 aromatic heterocycles. The Labute approximate surface area is 133 Å². The molecule has 2 aromatic rings. The van der Waals surface area contributed by atoms with E-state index < -0.39 is 10.0 Å². The van der Waals surface area contributed by atoms with Gasteiger partial charge in [0.2, 0.25) is 0 Å². The first kappa shape index (κ1) is 15.2. The van der Waals surface area contributed by atoms with Crippen molar-refractivity contribution in [2.45, 2.75) is 24.9 Å². The molecule has 0 aliphatic carbocycles. The van der Waals surface area contributed by atoms with Gasteiger partial charge >= 0.3 is 0 Å². The number of halogens is 1. The standard InChI is InChI=1S/C12H17ClN4O2S2/c1-3-15-4-5-16(8-9(15)2)21(18,19)11-10(13)14-12-17(11)6-7-20-12/h6-7,9H,3-5,8H2,1-2H3. The Bertz CT molecular complexity index is 754. The summed E-state index contributed by atoms with van der Waals surface area (Å²) >= 11 is 7.43. The van der Waals surface area contributed by atoms with Gasteiger partial charge in [-0.1, -0.05) is 18.5 Å². The molecule has 1 saturated heterocycles. The first-order chi connectivity index (χ1) is 9.95. The van der Waals surface area contributed by atoms with E-state index in [-0.39, 0.29) is 16.2 Å². The molecular formula is C12H17ClN4O2S2. The smallest absolute Gasteiger partial charge is 0.262 e. The monoisotopic (exact) mass is 348 g/mol. The van der Waals surface area contributed by atoms with Gasteiger partial charge in [0, 0.05) is 37.3 Å². The van der Waals surface area contributed by atoms with Crippen LogP contribution in [0.15, 0.2) is 16.6 Å². The highest BCUT2D eigenvalue weighted by molar-refractivity contribution is 7.89. The summed E-state index contributed by atoms with van der Waals surface area (Å²) in [5, 5.41) is 1.93. The van der Waals surface area contributed by atoms with Crippen molar-refractivity contribution < 1.29 is 8.42 Å². The summed E-state index contributed by atoms with van der Waals surface area (Å²) in [6.07, 6.45) is 1.69. The van der Waals surface area contributed by atoms with E-state index in [0.717, 1.165) is 13.1 Å². The van der Waals surface area contributed by atoms with E-state index in [4.69, 9.17) is 11.6 Å². The first-order valence-corrected chi connectivity index (χ1v) is 9.50. The molecule has 1 aliphatic heterocycles. The number of aromatic nitrogens is 2. The van der Waals surface area contributed by atoms with Gasteiger partial charge < -0.3 is 0 Å². The molecule has 9 heteroatoms. The third-order valence-corrected chi connectivity index (χ3v) is 6.92. The lowest BCUT2D eigenvalue weighted by molar-refractivity contribution is 0.135. The van der Waals surface area contributed by atoms with E-state index in [1.807, 2.05) is 6.92 Å². The fraction of sp³-hybridized carbons (Fsp3) is 0.583. The maximum Gasteiger partial charge on any atom is 0.262 e. The van der Waals surface area contributed by atoms with Crippen LogP contribution in [0.4, 0.5) is 0 Å². The molecule has 6 nitrogen and oxygen atoms in total. The fourth-order valence-corrected chi connectivity index (χ4v) is 5.66. The molecule has 3 rings (SSSR count). The third kappa shape index (κ3) is 2.49. The highest BCUT2D eigenvalue weighted by Crippen LogP contribution is 2.29. The number of sulfonamides is 1. The topological polar surface area (TPSA) is 57.9 Å². The van der Waals surface area contributed by atoms with Gasteiger partial charge in [0.05, 0.1) is 0 Å². The molecular weight excluding hydrogens is 332 g/mol. The minimum absolute atomic E-state index is 0.0485. The summed E-state index contributed by atoms with van der Waals surface area (Å²) in [4.78, 5) is 6.98. The third-order valence-electron chi connectivity index (χ3n) is 3.90. The molecule has 1 atom stereocenters. The van der Waals surface area contributed by atoms with Crippen molar-refractivity contribution in [3.63, 3.8) is 0 Å². The van der Waals surface area contributed by atoms with E-state index in [9.17, 15) is 8.42 Å². The van der Waals surface area contributed by atoms with E-state index >= 15 is 0 Å². The lowest BCUT2D eigenvalue weighted by Gasteiger charge is -2.38. The molecule has 21 heavy (non-hydrogen) atoms. The van der Waals surface area contributed by atoms with Crippen molar-refractivity contribution in [1.29, 1.82) is 0 Å².